The summed E-state index contributed by atoms with van der Waals surface area (Å²) in [5, 5.41) is 41.4. The number of carbonyl (C=O) groups is 1. The monoisotopic (exact) mass is 1940 g/mol. The van der Waals surface area contributed by atoms with Gasteiger partial charge in [-0.1, -0.05) is 489 Å². The van der Waals surface area contributed by atoms with E-state index in [1.165, 1.54) is 187 Å². The third-order valence-corrected chi connectivity index (χ3v) is 27.1. The van der Waals surface area contributed by atoms with E-state index < -0.39 is 0 Å². The fourth-order valence-corrected chi connectivity index (χ4v) is 20.2. The van der Waals surface area contributed by atoms with Crippen LogP contribution in [0.1, 0.15) is 101 Å². The Morgan fingerprint density at radius 1 is 0.295 bits per heavy atom. The fourth-order valence-electron chi connectivity index (χ4n) is 19.0. The number of ether oxygens (including phenoxy) is 1. The Hall–Kier alpha value is -15.1. The summed E-state index contributed by atoms with van der Waals surface area (Å²) in [7, 11) is 0. The summed E-state index contributed by atoms with van der Waals surface area (Å²) in [6, 6.07) is 162. The van der Waals surface area contributed by atoms with Crippen LogP contribution in [-0.2, 0) is 9.53 Å². The van der Waals surface area contributed by atoms with E-state index in [-0.39, 0.29) is 19.5 Å². The van der Waals surface area contributed by atoms with Crippen molar-refractivity contribution >= 4 is 200 Å². The molecule has 24 aromatic rings. The molecule has 11 heteroatoms. The van der Waals surface area contributed by atoms with Crippen molar-refractivity contribution in [2.24, 2.45) is 11.7 Å². The largest absolute Gasteiger partial charge is 0.398 e. The van der Waals surface area contributed by atoms with Gasteiger partial charge in [0.1, 0.15) is 5.78 Å². The van der Waals surface area contributed by atoms with Crippen LogP contribution in [0.2, 0.25) is 0 Å². The molecule has 0 bridgehead atoms. The van der Waals surface area contributed by atoms with Gasteiger partial charge in [0.05, 0.1) is 23.3 Å². The van der Waals surface area contributed by atoms with Gasteiger partial charge in [-0.05, 0) is 196 Å². The van der Waals surface area contributed by atoms with Gasteiger partial charge in [-0.25, -0.2) is 10.9 Å². The minimum Gasteiger partial charge on any atom is -0.398 e. The number of para-hydroxylation sites is 1. The number of anilines is 1. The van der Waals surface area contributed by atoms with Gasteiger partial charge in [-0.3, -0.25) is 21.9 Å². The minimum atomic E-state index is 0. The molecule has 23 aromatic carbocycles. The molecule has 0 spiro atoms. The third-order valence-electron chi connectivity index (χ3n) is 25.8. The number of nitrogen functional groups attached to an aromatic ring is 1. The van der Waals surface area contributed by atoms with E-state index >= 15 is 0 Å². The summed E-state index contributed by atoms with van der Waals surface area (Å²) in [5.41, 5.74) is 22.3. The maximum absolute atomic E-state index is 10.5. The van der Waals surface area contributed by atoms with E-state index in [1.807, 2.05) is 140 Å². The summed E-state index contributed by atoms with van der Waals surface area (Å²) < 4.78 is 17.3. The molecule has 9 nitrogen and oxygen atoms in total. The Kier molecular flexibility index (Phi) is 31.6. The molecule has 0 radical (unpaired) electrons. The standard InChI is InChI=1S/C24H15N.2C18H11Br.C18H13N.2C13H14N2.C13H11N.C6H10O.C4H8O.CH4.H2/c1-2-8-16-15(7-1)13-14-18-17-9-3-4-10-19(17)24-23(22(16)18)20-11-5-6-12-21(20)25-24;3*19-18-11-17-13-6-2-1-5-12(13)9-10-15(17)14-7-3-4-8-16(14)18;2*14-15-13(11-7-3-1-4-8-11)12-9-5-2-6-10-12;14-13(11-7-3-1-4-8-11)12-9-5-2-6-10-12;7-6-4-2-1-3-5-6;1-2-4-5-3-1;;/h1-14,25H;2*1-11H;1-11H,19H2;2*1-10,13,15H,14H2;1-10,14H;1-5H2;1-4H2;1H4;1H/i;;;;;;;;;;1+1D. The highest BCUT2D eigenvalue weighted by Crippen LogP contribution is 2.44. The zero-order chi connectivity index (χ0) is 96.3. The van der Waals surface area contributed by atoms with Gasteiger partial charge in [0.25, 0.3) is 0 Å². The molecule has 1 saturated carbocycles. The molecular weight excluding hydrogens is 1830 g/mol. The molecular formula is C128H113Br2N7O2. The van der Waals surface area contributed by atoms with Gasteiger partial charge < -0.3 is 15.5 Å². The second-order valence-corrected chi connectivity index (χ2v) is 36.2. The maximum Gasteiger partial charge on any atom is 0.132 e. The summed E-state index contributed by atoms with van der Waals surface area (Å²) in [5.74, 6) is 11.6. The molecule has 0 atom stereocenters. The molecule has 2 fully saturated rings. The zero-order valence-electron chi connectivity index (χ0n) is 78.8. The van der Waals surface area contributed by atoms with E-state index in [4.69, 9.17) is 30.5 Å². The Labute approximate surface area is 832 Å². The van der Waals surface area contributed by atoms with Gasteiger partial charge in [0.15, 0.2) is 0 Å². The first-order valence-electron chi connectivity index (χ1n) is 48.2. The lowest BCUT2D eigenvalue weighted by Gasteiger charge is -2.16. The maximum atomic E-state index is 10.5. The average Bonchev–Trinajstić information content (AvgIpc) is 1.68. The molecule has 1 saturated heterocycles. The highest BCUT2D eigenvalue weighted by Gasteiger charge is 2.19. The number of hydrogen-bond donors (Lipinski definition) is 7. The number of fused-ring (bicyclic) bond motifs is 25. The number of Topliss-reactive ketones (excluding diaryl/α,β-unsaturated/α-hetero) is 1. The van der Waals surface area contributed by atoms with Crippen LogP contribution < -0.4 is 28.3 Å². The lowest BCUT2D eigenvalue weighted by Crippen LogP contribution is -2.28. The SMILES string of the molecule is Brc1cc2c3ccccc3ccc2c2ccccc12.Brc1cc2c3ccccc3ccc2c2ccccc12.C.C1CCOC1.N=C(c1ccccc1)c1ccccc1.NNC(c1ccccc1)c1ccccc1.NNC(c1ccccc1)c1ccccc1.Nc1cc2c3ccccc3ccc2c2ccccc12.O=C1CCCCC1.[2H][2H].c1ccc2c(c1)ccc1c3ccccc3c3[nH]c4ccccc4c3c21. The Morgan fingerprint density at radius 2 is 0.583 bits per heavy atom. The van der Waals surface area contributed by atoms with Crippen LogP contribution in [0.25, 0.3) is 151 Å². The molecule has 139 heavy (non-hydrogen) atoms. The quantitative estimate of drug-likeness (QED) is 0.0261. The van der Waals surface area contributed by atoms with Gasteiger partial charge in [0.2, 0.25) is 0 Å². The number of aromatic nitrogens is 1. The molecule has 1 aromatic heterocycles. The number of nitrogens with two attached hydrogens (primary N) is 3. The summed E-state index contributed by atoms with van der Waals surface area (Å²) in [4.78, 5) is 14.1. The molecule has 1 aliphatic carbocycles. The lowest BCUT2D eigenvalue weighted by atomic mass is 9.93. The lowest BCUT2D eigenvalue weighted by molar-refractivity contribution is -0.120. The van der Waals surface area contributed by atoms with Crippen molar-refractivity contribution in [3.8, 4) is 0 Å². The van der Waals surface area contributed by atoms with Crippen molar-refractivity contribution in [2.45, 2.75) is 64.5 Å². The second kappa shape index (κ2) is 46.6. The first-order chi connectivity index (χ1) is 69.0. The number of aromatic amines is 1. The normalized spacial score (nSPS) is 12.1. The highest BCUT2D eigenvalue weighted by atomic mass is 79.9. The zero-order valence-corrected chi connectivity index (χ0v) is 80.0. The van der Waals surface area contributed by atoms with Crippen molar-refractivity contribution in [1.29, 1.82) is 5.41 Å². The van der Waals surface area contributed by atoms with E-state index in [0.29, 0.717) is 11.5 Å². The molecule has 26 rings (SSSR count). The van der Waals surface area contributed by atoms with Crippen LogP contribution in [0.5, 0.6) is 0 Å². The Balaban J connectivity index is 0.000000116. The van der Waals surface area contributed by atoms with Gasteiger partial charge >= 0.3 is 0 Å². The molecule has 10 N–H and O–H groups in total. The molecule has 0 amide bonds. The van der Waals surface area contributed by atoms with Crippen LogP contribution in [0, 0.1) is 5.41 Å². The third kappa shape index (κ3) is 22.1. The summed E-state index contributed by atoms with van der Waals surface area (Å²) >= 11 is 7.41. The van der Waals surface area contributed by atoms with Crippen LogP contribution in [0.15, 0.2) is 476 Å². The van der Waals surface area contributed by atoms with E-state index in [9.17, 15) is 4.79 Å². The number of H-pyrrole nitrogens is 1. The number of ketones is 1. The Morgan fingerprint density at radius 3 is 0.950 bits per heavy atom. The molecule has 2 heterocycles. The number of hydrogen-bond acceptors (Lipinski definition) is 8. The van der Waals surface area contributed by atoms with E-state index in [0.717, 1.165) is 70.0 Å². The van der Waals surface area contributed by atoms with Crippen molar-refractivity contribution < 1.29 is 12.5 Å². The minimum absolute atomic E-state index is 0. The highest BCUT2D eigenvalue weighted by molar-refractivity contribution is 9.11. The number of benzene rings is 23. The van der Waals surface area contributed by atoms with Crippen molar-refractivity contribution in [3.63, 3.8) is 0 Å². The van der Waals surface area contributed by atoms with Gasteiger partial charge in [0, 0.05) is 76.1 Å². The second-order valence-electron chi connectivity index (χ2n) is 34.5. The smallest absolute Gasteiger partial charge is 0.132 e. The van der Waals surface area contributed by atoms with Crippen LogP contribution in [-0.4, -0.2) is 29.7 Å². The van der Waals surface area contributed by atoms with Crippen LogP contribution in [0.3, 0.4) is 0 Å². The van der Waals surface area contributed by atoms with Crippen LogP contribution >= 0.6 is 31.9 Å². The van der Waals surface area contributed by atoms with Crippen molar-refractivity contribution in [2.75, 3.05) is 18.9 Å². The number of halogens is 2. The molecule has 1 aliphatic heterocycles. The number of nitrogens with one attached hydrogen (secondary N) is 4. The predicted molar refractivity (Wildman–Crippen MR) is 605 cm³/mol. The van der Waals surface area contributed by atoms with Gasteiger partial charge in [-0.15, -0.1) is 0 Å². The van der Waals surface area contributed by atoms with Crippen LogP contribution in [0.4, 0.5) is 5.69 Å². The number of carbonyl (C=O) groups excluding carboxylic acids is 1. The van der Waals surface area contributed by atoms with Crippen molar-refractivity contribution in [3.05, 3.63) is 509 Å². The first kappa shape index (κ1) is 94.2. The Bertz CT molecular complexity index is 7760. The summed E-state index contributed by atoms with van der Waals surface area (Å²) in [6.07, 6.45) is 7.80. The predicted octanol–water partition coefficient (Wildman–Crippen LogP) is 34.1. The number of rotatable bonds is 8. The van der Waals surface area contributed by atoms with E-state index in [2.05, 4.69) is 375 Å². The summed E-state index contributed by atoms with van der Waals surface area (Å²) in [6.45, 7) is 2.00. The molecule has 0 unspecified atom stereocenters. The average molecular weight is 1940 g/mol. The molecule has 2 aliphatic rings. The number of hydrazine groups is 2. The molecule has 686 valence electrons. The topological polar surface area (TPSA) is 168 Å². The fraction of sp³-hybridized carbons (Fsp3) is 0.0938. The first-order valence-corrected chi connectivity index (χ1v) is 48.8. The van der Waals surface area contributed by atoms with E-state index in [1.54, 1.807) is 0 Å². The van der Waals surface area contributed by atoms with Gasteiger partial charge in [-0.2, -0.15) is 0 Å². The van der Waals surface area contributed by atoms with Crippen molar-refractivity contribution in [1.82, 2.24) is 15.8 Å².